The van der Waals surface area contributed by atoms with Crippen LogP contribution < -0.4 is 24.4 Å². The van der Waals surface area contributed by atoms with E-state index < -0.39 is 0 Å². The first-order valence-electron chi connectivity index (χ1n) is 15.1. The summed E-state index contributed by atoms with van der Waals surface area (Å²) in [6.07, 6.45) is 3.73. The quantitative estimate of drug-likeness (QED) is 0.204. The number of ether oxygens (including phenoxy) is 2. The van der Waals surface area contributed by atoms with E-state index in [0.29, 0.717) is 15.9 Å². The van der Waals surface area contributed by atoms with E-state index in [1.807, 2.05) is 53.1 Å². The first-order valence-corrected chi connectivity index (χ1v) is 15.9. The SMILES string of the molecule is COc1cccc([C@H]2C3=C(N=c4s/c(=C/c5ccc(OCc6cccc7ccccc67)cc5)c(=O)n42)c2ccccc2CC3)c1. The van der Waals surface area contributed by atoms with E-state index in [4.69, 9.17) is 14.5 Å². The van der Waals surface area contributed by atoms with Crippen molar-refractivity contribution < 1.29 is 9.47 Å². The lowest BCUT2D eigenvalue weighted by Gasteiger charge is -2.31. The number of hydrogen-bond acceptors (Lipinski definition) is 5. The van der Waals surface area contributed by atoms with Crippen molar-refractivity contribution in [1.82, 2.24) is 4.57 Å². The van der Waals surface area contributed by atoms with Crippen LogP contribution in [0.5, 0.6) is 11.5 Å². The van der Waals surface area contributed by atoms with Crippen LogP contribution in [-0.4, -0.2) is 11.7 Å². The zero-order valence-corrected chi connectivity index (χ0v) is 25.6. The molecule has 0 amide bonds. The van der Waals surface area contributed by atoms with Crippen LogP contribution in [0.1, 0.15) is 40.3 Å². The molecule has 0 saturated heterocycles. The highest BCUT2D eigenvalue weighted by Crippen LogP contribution is 2.41. The summed E-state index contributed by atoms with van der Waals surface area (Å²) >= 11 is 1.44. The van der Waals surface area contributed by atoms with Gasteiger partial charge >= 0.3 is 0 Å². The predicted molar refractivity (Wildman–Crippen MR) is 180 cm³/mol. The van der Waals surface area contributed by atoms with Gasteiger partial charge in [-0.15, -0.1) is 0 Å². The molecule has 6 aromatic rings. The van der Waals surface area contributed by atoms with E-state index in [9.17, 15) is 4.79 Å². The Bertz CT molecular complexity index is 2290. The molecule has 0 saturated carbocycles. The number of fused-ring (bicyclic) bond motifs is 4. The molecule has 1 aliphatic carbocycles. The molecule has 2 heterocycles. The van der Waals surface area contributed by atoms with E-state index in [0.717, 1.165) is 52.3 Å². The van der Waals surface area contributed by atoms with Gasteiger partial charge in [0.2, 0.25) is 0 Å². The molecule has 1 atom stereocenters. The average Bonchev–Trinajstić information content (AvgIpc) is 3.40. The molecule has 1 aromatic heterocycles. The monoisotopic (exact) mass is 606 g/mol. The van der Waals surface area contributed by atoms with Gasteiger partial charge in [0.25, 0.3) is 5.56 Å². The van der Waals surface area contributed by atoms with Gasteiger partial charge in [0.05, 0.1) is 23.4 Å². The largest absolute Gasteiger partial charge is 0.497 e. The molecule has 0 unspecified atom stereocenters. The van der Waals surface area contributed by atoms with Crippen molar-refractivity contribution in [3.8, 4) is 11.5 Å². The molecule has 6 heteroatoms. The van der Waals surface area contributed by atoms with Gasteiger partial charge in [-0.1, -0.05) is 102 Å². The Hall–Kier alpha value is -5.20. The third kappa shape index (κ3) is 4.97. The number of allylic oxidation sites excluding steroid dienone is 1. The molecular formula is C39H30N2O3S. The molecule has 0 radical (unpaired) electrons. The maximum absolute atomic E-state index is 14.1. The minimum Gasteiger partial charge on any atom is -0.497 e. The number of aryl methyl sites for hydroxylation is 1. The lowest BCUT2D eigenvalue weighted by atomic mass is 9.83. The molecule has 0 fully saturated rings. The van der Waals surface area contributed by atoms with Crippen molar-refractivity contribution in [3.63, 3.8) is 0 Å². The maximum Gasteiger partial charge on any atom is 0.271 e. The minimum atomic E-state index is -0.244. The van der Waals surface area contributed by atoms with Crippen molar-refractivity contribution in [2.75, 3.05) is 7.11 Å². The van der Waals surface area contributed by atoms with E-state index in [1.54, 1.807) is 7.11 Å². The third-order valence-electron chi connectivity index (χ3n) is 8.73. The molecule has 0 bridgehead atoms. The second-order valence-corrected chi connectivity index (χ2v) is 12.4. The topological polar surface area (TPSA) is 52.8 Å². The summed E-state index contributed by atoms with van der Waals surface area (Å²) in [4.78, 5) is 20.0. The zero-order valence-electron chi connectivity index (χ0n) is 24.8. The number of hydrogen-bond donors (Lipinski definition) is 0. The van der Waals surface area contributed by atoms with Crippen LogP contribution in [0.25, 0.3) is 22.5 Å². The fraction of sp³-hybridized carbons (Fsp3) is 0.128. The van der Waals surface area contributed by atoms with Gasteiger partial charge in [-0.25, -0.2) is 4.99 Å². The van der Waals surface area contributed by atoms with Gasteiger partial charge in [0.15, 0.2) is 4.80 Å². The van der Waals surface area contributed by atoms with E-state index >= 15 is 0 Å². The molecule has 1 aliphatic heterocycles. The van der Waals surface area contributed by atoms with Crippen LogP contribution in [0.3, 0.4) is 0 Å². The van der Waals surface area contributed by atoms with Crippen LogP contribution >= 0.6 is 11.3 Å². The third-order valence-corrected chi connectivity index (χ3v) is 9.72. The molecule has 8 rings (SSSR count). The smallest absolute Gasteiger partial charge is 0.271 e. The van der Waals surface area contributed by atoms with Crippen LogP contribution in [0, 0.1) is 0 Å². The Morgan fingerprint density at radius 2 is 1.67 bits per heavy atom. The Morgan fingerprint density at radius 1 is 0.867 bits per heavy atom. The molecule has 0 N–H and O–H groups in total. The normalized spacial score (nSPS) is 15.7. The summed E-state index contributed by atoms with van der Waals surface area (Å²) in [5, 5.41) is 2.40. The van der Waals surface area contributed by atoms with E-state index in [1.165, 1.54) is 33.2 Å². The molecular weight excluding hydrogens is 577 g/mol. The summed E-state index contributed by atoms with van der Waals surface area (Å²) in [5.41, 5.74) is 7.69. The Kier molecular flexibility index (Phi) is 6.92. The Morgan fingerprint density at radius 3 is 2.56 bits per heavy atom. The minimum absolute atomic E-state index is 0.0340. The number of benzene rings is 5. The molecule has 220 valence electrons. The summed E-state index contributed by atoms with van der Waals surface area (Å²) in [5.74, 6) is 1.55. The van der Waals surface area contributed by atoms with Crippen LogP contribution in [0.4, 0.5) is 0 Å². The van der Waals surface area contributed by atoms with Crippen LogP contribution in [0.2, 0.25) is 0 Å². The van der Waals surface area contributed by atoms with Crippen molar-refractivity contribution in [1.29, 1.82) is 0 Å². The molecule has 45 heavy (non-hydrogen) atoms. The second-order valence-electron chi connectivity index (χ2n) is 11.4. The average molecular weight is 607 g/mol. The number of rotatable bonds is 6. The molecule has 5 nitrogen and oxygen atoms in total. The Balaban J connectivity index is 1.15. The first kappa shape index (κ1) is 27.4. The zero-order chi connectivity index (χ0) is 30.3. The second kappa shape index (κ2) is 11.4. The summed E-state index contributed by atoms with van der Waals surface area (Å²) in [7, 11) is 1.67. The van der Waals surface area contributed by atoms with Gasteiger partial charge < -0.3 is 9.47 Å². The molecule has 5 aromatic carbocycles. The number of aromatic nitrogens is 1. The number of thiazole rings is 1. The van der Waals surface area contributed by atoms with E-state index in [2.05, 4.69) is 72.8 Å². The summed E-state index contributed by atoms with van der Waals surface area (Å²) < 4.78 is 14.2. The highest BCUT2D eigenvalue weighted by atomic mass is 32.1. The van der Waals surface area contributed by atoms with Gasteiger partial charge in [-0.3, -0.25) is 9.36 Å². The maximum atomic E-state index is 14.1. The van der Waals surface area contributed by atoms with Gasteiger partial charge in [-0.2, -0.15) is 0 Å². The van der Waals surface area contributed by atoms with Crippen LogP contribution in [-0.2, 0) is 13.0 Å². The molecule has 0 spiro atoms. The van der Waals surface area contributed by atoms with Crippen LogP contribution in [0.15, 0.2) is 131 Å². The fourth-order valence-corrected chi connectivity index (χ4v) is 7.53. The standard InChI is InChI=1S/C39H30N2O3S/c1-43-31-13-7-11-28(23-31)37-34-21-18-27-9-3-5-15-33(27)36(34)40-39-41(37)38(42)35(45-39)22-25-16-19-30(20-17-25)44-24-29-12-6-10-26-8-2-4-14-32(26)29/h2-17,19-20,22-23,37H,18,21,24H2,1H3/b35-22+/t37-/m0/s1. The Labute approximate surface area is 264 Å². The number of methoxy groups -OCH3 is 1. The number of nitrogens with zero attached hydrogens (tertiary/aromatic N) is 2. The highest BCUT2D eigenvalue weighted by Gasteiger charge is 2.32. The van der Waals surface area contributed by atoms with E-state index in [-0.39, 0.29) is 11.6 Å². The highest BCUT2D eigenvalue weighted by molar-refractivity contribution is 7.07. The van der Waals surface area contributed by atoms with Crippen molar-refractivity contribution in [2.24, 2.45) is 4.99 Å². The fourth-order valence-electron chi connectivity index (χ4n) is 6.53. The van der Waals surface area contributed by atoms with Crippen molar-refractivity contribution in [2.45, 2.75) is 25.5 Å². The summed E-state index contributed by atoms with van der Waals surface area (Å²) in [6.45, 7) is 0.483. The predicted octanol–water partition coefficient (Wildman–Crippen LogP) is 7.06. The van der Waals surface area contributed by atoms with Crippen molar-refractivity contribution in [3.05, 3.63) is 168 Å². The lowest BCUT2D eigenvalue weighted by Crippen LogP contribution is -2.38. The molecule has 2 aliphatic rings. The van der Waals surface area contributed by atoms with Gasteiger partial charge in [-0.05, 0) is 81.8 Å². The summed E-state index contributed by atoms with van der Waals surface area (Å²) in [6, 6.07) is 38.8. The first-order chi connectivity index (χ1) is 22.2. The lowest BCUT2D eigenvalue weighted by molar-refractivity contribution is 0.307. The van der Waals surface area contributed by atoms with Gasteiger partial charge in [0, 0.05) is 5.56 Å². The van der Waals surface area contributed by atoms with Crippen molar-refractivity contribution >= 4 is 33.9 Å². The van der Waals surface area contributed by atoms with Gasteiger partial charge in [0.1, 0.15) is 18.1 Å².